The predicted octanol–water partition coefficient (Wildman–Crippen LogP) is 6.93. The first-order chi connectivity index (χ1) is 17.0. The number of nitrogens with zero attached hydrogens (tertiary/aromatic N) is 2. The summed E-state index contributed by atoms with van der Waals surface area (Å²) in [7, 11) is 0. The van der Waals surface area contributed by atoms with Crippen molar-refractivity contribution in [3.63, 3.8) is 0 Å². The molecule has 0 saturated heterocycles. The molecular formula is C25H20ClF4N3O3. The van der Waals surface area contributed by atoms with E-state index in [-0.39, 0.29) is 34.0 Å². The number of carbonyl (C=O) groups excluding carboxylic acids is 1. The molecule has 6 nitrogen and oxygen atoms in total. The third-order valence-corrected chi connectivity index (χ3v) is 5.22. The molecular weight excluding hydrogens is 502 g/mol. The third kappa shape index (κ3) is 6.86. The summed E-state index contributed by atoms with van der Waals surface area (Å²) in [6.07, 6.45) is -5.99. The summed E-state index contributed by atoms with van der Waals surface area (Å²) in [5.41, 5.74) is -0.773. The van der Waals surface area contributed by atoms with Gasteiger partial charge in [0.15, 0.2) is 0 Å². The maximum atomic E-state index is 13.4. The Hall–Kier alpha value is -3.84. The highest BCUT2D eigenvalue weighted by atomic mass is 35.5. The largest absolute Gasteiger partial charge is 0.439 e. The second-order valence-electron chi connectivity index (χ2n) is 7.96. The Morgan fingerprint density at radius 2 is 1.83 bits per heavy atom. The van der Waals surface area contributed by atoms with Gasteiger partial charge in [0.1, 0.15) is 23.7 Å². The molecule has 0 saturated carbocycles. The van der Waals surface area contributed by atoms with Crippen molar-refractivity contribution in [1.29, 1.82) is 5.26 Å². The zero-order valence-electron chi connectivity index (χ0n) is 19.0. The van der Waals surface area contributed by atoms with Crippen LogP contribution in [0.1, 0.15) is 31.2 Å². The smallest absolute Gasteiger partial charge is 0.416 e. The van der Waals surface area contributed by atoms with Crippen LogP contribution in [0.25, 0.3) is 0 Å². The van der Waals surface area contributed by atoms with Crippen molar-refractivity contribution >= 4 is 23.3 Å². The number of halogens is 5. The molecule has 36 heavy (non-hydrogen) atoms. The monoisotopic (exact) mass is 521 g/mol. The number of alkyl halides is 3. The minimum atomic E-state index is -4.57. The van der Waals surface area contributed by atoms with Crippen LogP contribution in [-0.2, 0) is 15.7 Å². The van der Waals surface area contributed by atoms with Gasteiger partial charge in [0, 0.05) is 12.1 Å². The summed E-state index contributed by atoms with van der Waals surface area (Å²) in [6, 6.07) is 13.3. The maximum absolute atomic E-state index is 13.4. The fourth-order valence-corrected chi connectivity index (χ4v) is 3.34. The Balaban J connectivity index is 1.76. The molecule has 3 rings (SSSR count). The minimum Gasteiger partial charge on any atom is -0.439 e. The Kier molecular flexibility index (Phi) is 8.37. The second-order valence-corrected chi connectivity index (χ2v) is 8.37. The molecule has 3 aromatic rings. The first-order valence-corrected chi connectivity index (χ1v) is 11.0. The molecule has 0 spiro atoms. The lowest BCUT2D eigenvalue weighted by atomic mass is 10.0. The summed E-state index contributed by atoms with van der Waals surface area (Å²) < 4.78 is 63.0. The number of hydrogen-bond acceptors (Lipinski definition) is 6. The highest BCUT2D eigenvalue weighted by molar-refractivity contribution is 6.33. The van der Waals surface area contributed by atoms with Gasteiger partial charge in [-0.1, -0.05) is 37.6 Å². The zero-order chi connectivity index (χ0) is 26.5. The van der Waals surface area contributed by atoms with Crippen LogP contribution in [0.15, 0.2) is 60.7 Å². The molecule has 11 heteroatoms. The highest BCUT2D eigenvalue weighted by Gasteiger charge is 2.32. The van der Waals surface area contributed by atoms with Gasteiger partial charge in [0.25, 0.3) is 0 Å². The average molecular weight is 522 g/mol. The topological polar surface area (TPSA) is 84.2 Å². The number of nitriles is 1. The number of carbonyl (C=O) groups is 1. The number of rotatable bonds is 8. The van der Waals surface area contributed by atoms with E-state index in [1.54, 1.807) is 13.8 Å². The van der Waals surface area contributed by atoms with Gasteiger partial charge in [-0.2, -0.15) is 18.4 Å². The Morgan fingerprint density at radius 1 is 1.11 bits per heavy atom. The van der Waals surface area contributed by atoms with E-state index in [2.05, 4.69) is 10.3 Å². The first kappa shape index (κ1) is 26.8. The van der Waals surface area contributed by atoms with E-state index in [1.165, 1.54) is 36.4 Å². The molecule has 188 valence electrons. The van der Waals surface area contributed by atoms with Crippen LogP contribution in [0.5, 0.6) is 11.6 Å². The second kappa shape index (κ2) is 11.3. The lowest BCUT2D eigenvalue weighted by Gasteiger charge is -2.24. The summed E-state index contributed by atoms with van der Waals surface area (Å²) in [6.45, 7) is 3.37. The molecule has 0 fully saturated rings. The predicted molar refractivity (Wildman–Crippen MR) is 124 cm³/mol. The molecule has 1 heterocycles. The minimum absolute atomic E-state index is 0.0458. The number of aromatic nitrogens is 1. The zero-order valence-corrected chi connectivity index (χ0v) is 19.8. The molecule has 0 aliphatic heterocycles. The number of esters is 1. The third-order valence-electron chi connectivity index (χ3n) is 4.91. The summed E-state index contributed by atoms with van der Waals surface area (Å²) in [5.74, 6) is -1.50. The van der Waals surface area contributed by atoms with Gasteiger partial charge in [-0.3, -0.25) is 0 Å². The highest BCUT2D eigenvalue weighted by Crippen LogP contribution is 2.34. The Morgan fingerprint density at radius 3 is 2.44 bits per heavy atom. The molecule has 2 atom stereocenters. The van der Waals surface area contributed by atoms with Crippen molar-refractivity contribution in [2.45, 2.75) is 32.2 Å². The maximum Gasteiger partial charge on any atom is 0.416 e. The van der Waals surface area contributed by atoms with Crippen molar-refractivity contribution in [3.8, 4) is 17.7 Å². The van der Waals surface area contributed by atoms with Crippen molar-refractivity contribution in [2.24, 2.45) is 5.92 Å². The lowest BCUT2D eigenvalue weighted by molar-refractivity contribution is -0.149. The average Bonchev–Trinajstić information content (AvgIpc) is 2.81. The van der Waals surface area contributed by atoms with Gasteiger partial charge >= 0.3 is 12.1 Å². The molecule has 1 aromatic heterocycles. The van der Waals surface area contributed by atoms with Crippen molar-refractivity contribution < 1.29 is 31.8 Å². The quantitative estimate of drug-likeness (QED) is 0.255. The number of nitrogens with one attached hydrogen (secondary N) is 1. The number of ether oxygens (including phenoxy) is 2. The normalized spacial score (nSPS) is 13.0. The SMILES string of the molecule is CC(C)C(Nc1ccc(C(F)(F)F)cc1Cl)C(=O)OC(C#N)c1cccc(Oc2cccc(F)c2)n1. The molecule has 0 aliphatic rings. The molecule has 0 aliphatic carbocycles. The van der Waals surface area contributed by atoms with Crippen LogP contribution >= 0.6 is 11.6 Å². The van der Waals surface area contributed by atoms with Crippen LogP contribution in [0.3, 0.4) is 0 Å². The molecule has 0 amide bonds. The van der Waals surface area contributed by atoms with Gasteiger partial charge < -0.3 is 14.8 Å². The number of anilines is 1. The van der Waals surface area contributed by atoms with Crippen LogP contribution in [0.2, 0.25) is 5.02 Å². The van der Waals surface area contributed by atoms with E-state index < -0.39 is 35.7 Å². The fraction of sp³-hybridized carbons (Fsp3) is 0.240. The number of benzene rings is 2. The molecule has 0 radical (unpaired) electrons. The van der Waals surface area contributed by atoms with E-state index in [0.29, 0.717) is 0 Å². The fourth-order valence-electron chi connectivity index (χ4n) is 3.10. The van der Waals surface area contributed by atoms with E-state index in [0.717, 1.165) is 24.3 Å². The molecule has 1 N–H and O–H groups in total. The first-order valence-electron chi connectivity index (χ1n) is 10.6. The van der Waals surface area contributed by atoms with Crippen LogP contribution in [0, 0.1) is 23.1 Å². The lowest BCUT2D eigenvalue weighted by Crippen LogP contribution is -2.37. The van der Waals surface area contributed by atoms with E-state index in [1.807, 2.05) is 6.07 Å². The van der Waals surface area contributed by atoms with E-state index in [4.69, 9.17) is 21.1 Å². The van der Waals surface area contributed by atoms with Gasteiger partial charge in [0.05, 0.1) is 22.0 Å². The molecule has 2 unspecified atom stereocenters. The van der Waals surface area contributed by atoms with E-state index >= 15 is 0 Å². The van der Waals surface area contributed by atoms with Crippen molar-refractivity contribution in [3.05, 3.63) is 82.8 Å². The van der Waals surface area contributed by atoms with Gasteiger partial charge in [-0.25, -0.2) is 14.2 Å². The molecule has 2 aromatic carbocycles. The van der Waals surface area contributed by atoms with Crippen molar-refractivity contribution in [2.75, 3.05) is 5.32 Å². The summed E-state index contributed by atoms with van der Waals surface area (Å²) in [5, 5.41) is 12.2. The number of pyridine rings is 1. The number of hydrogen-bond donors (Lipinski definition) is 1. The summed E-state index contributed by atoms with van der Waals surface area (Å²) >= 11 is 6.00. The van der Waals surface area contributed by atoms with Crippen LogP contribution in [0.4, 0.5) is 23.2 Å². The van der Waals surface area contributed by atoms with Crippen LogP contribution < -0.4 is 10.1 Å². The molecule has 0 bridgehead atoms. The summed E-state index contributed by atoms with van der Waals surface area (Å²) in [4.78, 5) is 17.1. The Labute approximate surface area is 209 Å². The van der Waals surface area contributed by atoms with Gasteiger partial charge in [-0.15, -0.1) is 0 Å². The Bertz CT molecular complexity index is 1280. The van der Waals surface area contributed by atoms with Crippen molar-refractivity contribution in [1.82, 2.24) is 4.98 Å². The van der Waals surface area contributed by atoms with Crippen LogP contribution in [-0.4, -0.2) is 17.0 Å². The standard InChI is InChI=1S/C25H20ClF4N3O3/c1-14(2)23(33-19-10-9-15(11-18(19)26)25(28,29)30)24(34)36-21(13-31)20-7-4-8-22(32-20)35-17-6-3-5-16(27)12-17/h3-12,14,21,23,33H,1-2H3. The van der Waals surface area contributed by atoms with Gasteiger partial charge in [-0.05, 0) is 42.3 Å². The van der Waals surface area contributed by atoms with Gasteiger partial charge in [0.2, 0.25) is 12.0 Å². The van der Waals surface area contributed by atoms with E-state index in [9.17, 15) is 27.6 Å².